The van der Waals surface area contributed by atoms with E-state index in [1.165, 1.54) is 5.56 Å². The van der Waals surface area contributed by atoms with Crippen molar-refractivity contribution in [3.63, 3.8) is 0 Å². The van der Waals surface area contributed by atoms with Gasteiger partial charge >= 0.3 is 0 Å². The molecule has 0 amide bonds. The zero-order valence-corrected chi connectivity index (χ0v) is 10.8. The number of hydrogen-bond acceptors (Lipinski definition) is 2. The Morgan fingerprint density at radius 3 is 2.33 bits per heavy atom. The Labute approximate surface area is 111 Å². The zero-order valence-electron chi connectivity index (χ0n) is 9.97. The molecule has 0 aromatic heterocycles. The monoisotopic (exact) mass is 258 g/mol. The van der Waals surface area contributed by atoms with E-state index in [0.717, 1.165) is 11.4 Å². The van der Waals surface area contributed by atoms with Crippen LogP contribution in [0.1, 0.15) is 5.56 Å². The van der Waals surface area contributed by atoms with Crippen LogP contribution >= 0.6 is 12.2 Å². The van der Waals surface area contributed by atoms with Gasteiger partial charge in [0, 0.05) is 11.4 Å². The fraction of sp³-hybridized carbons (Fsp3) is 0.0714. The van der Waals surface area contributed by atoms with Crippen molar-refractivity contribution in [1.82, 2.24) is 0 Å². The number of anilines is 2. The number of aryl methyl sites for hydroxylation is 1. The average molecular weight is 258 g/mol. The van der Waals surface area contributed by atoms with E-state index in [0.29, 0.717) is 5.11 Å². The van der Waals surface area contributed by atoms with Crippen molar-refractivity contribution in [2.75, 3.05) is 10.6 Å². The summed E-state index contributed by atoms with van der Waals surface area (Å²) in [5.41, 5.74) is 2.96. The highest BCUT2D eigenvalue weighted by molar-refractivity contribution is 7.80. The van der Waals surface area contributed by atoms with E-state index in [-0.39, 0.29) is 5.75 Å². The smallest absolute Gasteiger partial charge is 0.175 e. The van der Waals surface area contributed by atoms with Crippen LogP contribution < -0.4 is 10.6 Å². The molecule has 3 nitrogen and oxygen atoms in total. The summed E-state index contributed by atoms with van der Waals surface area (Å²) in [4.78, 5) is 0. The second-order valence-electron chi connectivity index (χ2n) is 4.00. The maximum atomic E-state index is 9.18. The molecule has 0 saturated heterocycles. The highest BCUT2D eigenvalue weighted by Crippen LogP contribution is 2.15. The van der Waals surface area contributed by atoms with Crippen molar-refractivity contribution in [3.05, 3.63) is 54.1 Å². The minimum absolute atomic E-state index is 0.234. The van der Waals surface area contributed by atoms with Gasteiger partial charge in [0.2, 0.25) is 0 Å². The lowest BCUT2D eigenvalue weighted by molar-refractivity contribution is 0.475. The predicted molar refractivity (Wildman–Crippen MR) is 79.1 cm³/mol. The van der Waals surface area contributed by atoms with E-state index >= 15 is 0 Å². The van der Waals surface area contributed by atoms with Crippen molar-refractivity contribution in [3.8, 4) is 5.75 Å². The number of thiocarbonyl (C=S) groups is 1. The quantitative estimate of drug-likeness (QED) is 0.570. The summed E-state index contributed by atoms with van der Waals surface area (Å²) < 4.78 is 0. The molecule has 0 unspecified atom stereocenters. The van der Waals surface area contributed by atoms with Gasteiger partial charge < -0.3 is 15.7 Å². The van der Waals surface area contributed by atoms with E-state index in [4.69, 9.17) is 12.2 Å². The first kappa shape index (κ1) is 12.4. The minimum Gasteiger partial charge on any atom is -0.508 e. The molecule has 0 saturated carbocycles. The van der Waals surface area contributed by atoms with Gasteiger partial charge in [0.15, 0.2) is 5.11 Å². The second kappa shape index (κ2) is 5.51. The SMILES string of the molecule is Cc1cccc(NC(=S)Nc2ccc(O)cc2)c1. The Morgan fingerprint density at radius 1 is 1.00 bits per heavy atom. The first-order valence-electron chi connectivity index (χ1n) is 5.57. The van der Waals surface area contributed by atoms with E-state index < -0.39 is 0 Å². The molecule has 0 atom stereocenters. The molecule has 3 N–H and O–H groups in total. The van der Waals surface area contributed by atoms with E-state index in [1.807, 2.05) is 31.2 Å². The highest BCUT2D eigenvalue weighted by Gasteiger charge is 1.99. The second-order valence-corrected chi connectivity index (χ2v) is 4.40. The van der Waals surface area contributed by atoms with Crippen molar-refractivity contribution in [2.24, 2.45) is 0 Å². The first-order chi connectivity index (χ1) is 8.63. The van der Waals surface area contributed by atoms with E-state index in [1.54, 1.807) is 24.3 Å². The van der Waals surface area contributed by atoms with Crippen LogP contribution in [0.4, 0.5) is 11.4 Å². The summed E-state index contributed by atoms with van der Waals surface area (Å²) in [7, 11) is 0. The number of phenolic OH excluding ortho intramolecular Hbond substituents is 1. The van der Waals surface area contributed by atoms with Crippen LogP contribution in [-0.4, -0.2) is 10.2 Å². The first-order valence-corrected chi connectivity index (χ1v) is 5.98. The van der Waals surface area contributed by atoms with Crippen LogP contribution in [0.15, 0.2) is 48.5 Å². The Bertz CT molecular complexity index is 552. The van der Waals surface area contributed by atoms with Crippen molar-refractivity contribution >= 4 is 28.7 Å². The van der Waals surface area contributed by atoms with Crippen molar-refractivity contribution < 1.29 is 5.11 Å². The van der Waals surface area contributed by atoms with Gasteiger partial charge in [-0.3, -0.25) is 0 Å². The molecule has 0 bridgehead atoms. The van der Waals surface area contributed by atoms with Gasteiger partial charge in [0.25, 0.3) is 0 Å². The third kappa shape index (κ3) is 3.46. The van der Waals surface area contributed by atoms with Crippen LogP contribution in [0.5, 0.6) is 5.75 Å². The van der Waals surface area contributed by atoms with Crippen LogP contribution in [0.25, 0.3) is 0 Å². The molecule has 0 aliphatic heterocycles. The molecule has 0 heterocycles. The standard InChI is InChI=1S/C14H14N2OS/c1-10-3-2-4-12(9-10)16-14(18)15-11-5-7-13(17)8-6-11/h2-9,17H,1H3,(H2,15,16,18). The summed E-state index contributed by atoms with van der Waals surface area (Å²) in [5, 5.41) is 15.8. The van der Waals surface area contributed by atoms with Crippen molar-refractivity contribution in [2.45, 2.75) is 6.92 Å². The molecule has 18 heavy (non-hydrogen) atoms. The summed E-state index contributed by atoms with van der Waals surface area (Å²) in [6.07, 6.45) is 0. The predicted octanol–water partition coefficient (Wildman–Crippen LogP) is 3.51. The maximum Gasteiger partial charge on any atom is 0.175 e. The Morgan fingerprint density at radius 2 is 1.67 bits per heavy atom. The van der Waals surface area contributed by atoms with Crippen LogP contribution in [0.3, 0.4) is 0 Å². The van der Waals surface area contributed by atoms with E-state index in [2.05, 4.69) is 10.6 Å². The minimum atomic E-state index is 0.234. The van der Waals surface area contributed by atoms with Gasteiger partial charge in [-0.2, -0.15) is 0 Å². The molecular weight excluding hydrogens is 244 g/mol. The Kier molecular flexibility index (Phi) is 3.79. The van der Waals surface area contributed by atoms with Crippen LogP contribution in [-0.2, 0) is 0 Å². The summed E-state index contributed by atoms with van der Waals surface area (Å²) in [5.74, 6) is 0.234. The summed E-state index contributed by atoms with van der Waals surface area (Å²) in [6.45, 7) is 2.03. The van der Waals surface area contributed by atoms with E-state index in [9.17, 15) is 5.11 Å². The van der Waals surface area contributed by atoms with Crippen LogP contribution in [0.2, 0.25) is 0 Å². The van der Waals surface area contributed by atoms with Crippen LogP contribution in [0, 0.1) is 6.92 Å². The molecule has 4 heteroatoms. The fourth-order valence-electron chi connectivity index (χ4n) is 1.56. The van der Waals surface area contributed by atoms with Gasteiger partial charge in [-0.25, -0.2) is 0 Å². The molecule has 0 fully saturated rings. The molecule has 0 spiro atoms. The third-order valence-corrected chi connectivity index (χ3v) is 2.61. The molecule has 2 aromatic rings. The molecule has 0 aliphatic carbocycles. The molecule has 0 aliphatic rings. The lowest BCUT2D eigenvalue weighted by Gasteiger charge is -2.10. The Balaban J connectivity index is 1.98. The average Bonchev–Trinajstić information content (AvgIpc) is 2.32. The number of phenols is 1. The lowest BCUT2D eigenvalue weighted by atomic mass is 10.2. The van der Waals surface area contributed by atoms with Gasteiger partial charge in [-0.15, -0.1) is 0 Å². The molecule has 2 aromatic carbocycles. The third-order valence-electron chi connectivity index (χ3n) is 2.40. The normalized spacial score (nSPS) is 9.83. The maximum absolute atomic E-state index is 9.18. The summed E-state index contributed by atoms with van der Waals surface area (Å²) >= 11 is 5.21. The van der Waals surface area contributed by atoms with Crippen molar-refractivity contribution in [1.29, 1.82) is 0 Å². The number of hydrogen-bond donors (Lipinski definition) is 3. The molecule has 2 rings (SSSR count). The van der Waals surface area contributed by atoms with Gasteiger partial charge in [-0.1, -0.05) is 12.1 Å². The number of benzene rings is 2. The fourth-order valence-corrected chi connectivity index (χ4v) is 1.80. The number of aromatic hydroxyl groups is 1. The summed E-state index contributed by atoms with van der Waals surface area (Å²) in [6, 6.07) is 14.7. The molecular formula is C14H14N2OS. The zero-order chi connectivity index (χ0) is 13.0. The topological polar surface area (TPSA) is 44.3 Å². The van der Waals surface area contributed by atoms with Gasteiger partial charge in [0.05, 0.1) is 0 Å². The Hall–Kier alpha value is -2.07. The van der Waals surface area contributed by atoms with Gasteiger partial charge in [-0.05, 0) is 61.1 Å². The number of rotatable bonds is 2. The molecule has 92 valence electrons. The number of nitrogens with one attached hydrogen (secondary N) is 2. The molecule has 0 radical (unpaired) electrons. The van der Waals surface area contributed by atoms with Gasteiger partial charge in [0.1, 0.15) is 5.75 Å². The largest absolute Gasteiger partial charge is 0.508 e. The lowest BCUT2D eigenvalue weighted by Crippen LogP contribution is -2.18. The highest BCUT2D eigenvalue weighted by atomic mass is 32.1.